The van der Waals surface area contributed by atoms with Gasteiger partial charge in [-0.3, -0.25) is 14.7 Å². The maximum atomic E-state index is 16.6. The summed E-state index contributed by atoms with van der Waals surface area (Å²) in [6.45, 7) is 7.51. The summed E-state index contributed by atoms with van der Waals surface area (Å²) in [7, 11) is 0. The number of carbonyl (C=O) groups is 1. The third kappa shape index (κ3) is 4.16. The molecule has 0 bridgehead atoms. The molecule has 224 valence electrons. The van der Waals surface area contributed by atoms with Gasteiger partial charge in [0, 0.05) is 24.8 Å². The molecule has 2 aromatic heterocycles. The molecule has 0 N–H and O–H groups in total. The number of halogens is 2. The Labute approximate surface area is 249 Å². The summed E-state index contributed by atoms with van der Waals surface area (Å²) in [5.74, 6) is -0.264. The van der Waals surface area contributed by atoms with Gasteiger partial charge >= 0.3 is 6.01 Å². The lowest BCUT2D eigenvalue weighted by Gasteiger charge is -2.47. The Bertz CT molecular complexity index is 1640. The minimum atomic E-state index is -0.543. The molecule has 0 spiro atoms. The van der Waals surface area contributed by atoms with E-state index in [0.717, 1.165) is 63.6 Å². The molecule has 8 nitrogen and oxygen atoms in total. The van der Waals surface area contributed by atoms with Gasteiger partial charge in [0.15, 0.2) is 5.82 Å². The van der Waals surface area contributed by atoms with Crippen molar-refractivity contribution in [3.63, 3.8) is 0 Å². The first-order valence-electron chi connectivity index (χ1n) is 15.7. The molecule has 1 amide bonds. The summed E-state index contributed by atoms with van der Waals surface area (Å²) < 4.78 is 37.6. The van der Waals surface area contributed by atoms with Crippen molar-refractivity contribution in [2.75, 3.05) is 37.7 Å². The number of nitrogens with zero attached hydrogens (tertiary/aromatic N) is 6. The molecule has 10 heteroatoms. The molecule has 5 aliphatic rings. The topological polar surface area (TPSA) is 74.7 Å². The lowest BCUT2D eigenvalue weighted by molar-refractivity contribution is -0.127. The second kappa shape index (κ2) is 10.2. The Kier molecular flexibility index (Phi) is 6.40. The summed E-state index contributed by atoms with van der Waals surface area (Å²) in [6.07, 6.45) is 11.5. The van der Waals surface area contributed by atoms with Gasteiger partial charge in [0.1, 0.15) is 29.5 Å². The van der Waals surface area contributed by atoms with Crippen LogP contribution in [0.25, 0.3) is 22.2 Å². The highest BCUT2D eigenvalue weighted by atomic mass is 19.1. The molecule has 43 heavy (non-hydrogen) atoms. The summed E-state index contributed by atoms with van der Waals surface area (Å²) in [6, 6.07) is 3.37. The van der Waals surface area contributed by atoms with E-state index < -0.39 is 5.82 Å². The fraction of sp³-hybridized carbons (Fsp3) is 0.515. The van der Waals surface area contributed by atoms with Crippen LogP contribution in [0.4, 0.5) is 14.6 Å². The average molecular weight is 587 g/mol. The zero-order valence-corrected chi connectivity index (χ0v) is 24.3. The van der Waals surface area contributed by atoms with E-state index in [0.29, 0.717) is 54.9 Å². The summed E-state index contributed by atoms with van der Waals surface area (Å²) in [4.78, 5) is 33.1. The molecule has 4 saturated heterocycles. The van der Waals surface area contributed by atoms with Gasteiger partial charge in [0.05, 0.1) is 23.0 Å². The molecule has 1 aliphatic carbocycles. The largest absolute Gasteiger partial charge is 0.461 e. The minimum Gasteiger partial charge on any atom is -0.461 e. The molecule has 0 radical (unpaired) electrons. The number of likely N-dealkylation sites (tertiary alicyclic amines) is 1. The SMILES string of the molecule is C=CC(=O)N1CC[C@H]2[C@H]1CN2c1nc(OCC23CCCN2CCC3)nc2c(F)c(-c3ccc(F)c4c3CCCC4)ncc12. The second-order valence-corrected chi connectivity index (χ2v) is 12.8. The third-order valence-corrected chi connectivity index (χ3v) is 10.7. The number of carbonyl (C=O) groups excluding carboxylic acids is 1. The van der Waals surface area contributed by atoms with E-state index in [1.54, 1.807) is 12.3 Å². The molecule has 6 heterocycles. The molecule has 3 aromatic rings. The number of rotatable bonds is 6. The number of fused-ring (bicyclic) bond motifs is 4. The zero-order chi connectivity index (χ0) is 29.3. The fourth-order valence-corrected chi connectivity index (χ4v) is 8.45. The number of hydrogen-bond acceptors (Lipinski definition) is 7. The highest BCUT2D eigenvalue weighted by molar-refractivity contribution is 5.93. The van der Waals surface area contributed by atoms with Crippen molar-refractivity contribution in [1.82, 2.24) is 24.8 Å². The van der Waals surface area contributed by atoms with Gasteiger partial charge in [-0.25, -0.2) is 8.78 Å². The van der Waals surface area contributed by atoms with E-state index in [9.17, 15) is 9.18 Å². The first kappa shape index (κ1) is 26.9. The highest BCUT2D eigenvalue weighted by Gasteiger charge is 2.50. The van der Waals surface area contributed by atoms with Gasteiger partial charge in [-0.1, -0.05) is 6.58 Å². The molecule has 4 aliphatic heterocycles. The fourth-order valence-electron chi connectivity index (χ4n) is 8.45. The van der Waals surface area contributed by atoms with E-state index in [2.05, 4.69) is 26.3 Å². The molecule has 2 atom stereocenters. The second-order valence-electron chi connectivity index (χ2n) is 12.8. The number of benzene rings is 1. The van der Waals surface area contributed by atoms with Crippen molar-refractivity contribution in [1.29, 1.82) is 0 Å². The van der Waals surface area contributed by atoms with Crippen LogP contribution in [0.5, 0.6) is 6.01 Å². The van der Waals surface area contributed by atoms with Crippen LogP contribution in [0.15, 0.2) is 31.0 Å². The first-order valence-corrected chi connectivity index (χ1v) is 15.7. The average Bonchev–Trinajstić information content (AvgIpc) is 3.69. The van der Waals surface area contributed by atoms with Crippen LogP contribution in [0.3, 0.4) is 0 Å². The molecule has 0 unspecified atom stereocenters. The molecule has 8 rings (SSSR count). The normalized spacial score (nSPS) is 24.0. The lowest BCUT2D eigenvalue weighted by Crippen LogP contribution is -2.63. The van der Waals surface area contributed by atoms with E-state index in [4.69, 9.17) is 9.72 Å². The van der Waals surface area contributed by atoms with Gasteiger partial charge < -0.3 is 14.5 Å². The van der Waals surface area contributed by atoms with Crippen LogP contribution in [0.1, 0.15) is 56.1 Å². The molecule has 4 fully saturated rings. The van der Waals surface area contributed by atoms with Crippen LogP contribution in [-0.2, 0) is 17.6 Å². The summed E-state index contributed by atoms with van der Waals surface area (Å²) in [5.41, 5.74) is 2.47. The van der Waals surface area contributed by atoms with E-state index in [1.807, 2.05) is 4.90 Å². The number of amides is 1. The van der Waals surface area contributed by atoms with Gasteiger partial charge in [-0.2, -0.15) is 9.97 Å². The molecular formula is C33H36F2N6O2. The maximum absolute atomic E-state index is 16.6. The van der Waals surface area contributed by atoms with E-state index in [-0.39, 0.29) is 46.6 Å². The van der Waals surface area contributed by atoms with Gasteiger partial charge in [0.2, 0.25) is 5.91 Å². The van der Waals surface area contributed by atoms with Crippen molar-refractivity contribution < 1.29 is 18.3 Å². The van der Waals surface area contributed by atoms with Gasteiger partial charge in [0.25, 0.3) is 0 Å². The predicted molar refractivity (Wildman–Crippen MR) is 159 cm³/mol. The van der Waals surface area contributed by atoms with Crippen molar-refractivity contribution in [2.24, 2.45) is 0 Å². The van der Waals surface area contributed by atoms with Crippen molar-refractivity contribution >= 4 is 22.6 Å². The number of aromatic nitrogens is 3. The smallest absolute Gasteiger partial charge is 0.319 e. The monoisotopic (exact) mass is 586 g/mol. The first-order chi connectivity index (χ1) is 21.0. The maximum Gasteiger partial charge on any atom is 0.319 e. The Hall–Kier alpha value is -3.66. The van der Waals surface area contributed by atoms with E-state index in [1.165, 1.54) is 12.1 Å². The number of pyridine rings is 1. The van der Waals surface area contributed by atoms with E-state index >= 15 is 4.39 Å². The zero-order valence-electron chi connectivity index (χ0n) is 24.3. The summed E-state index contributed by atoms with van der Waals surface area (Å²) >= 11 is 0. The quantitative estimate of drug-likeness (QED) is 0.383. The van der Waals surface area contributed by atoms with Crippen molar-refractivity contribution in [3.8, 4) is 17.3 Å². The van der Waals surface area contributed by atoms with Crippen LogP contribution < -0.4 is 9.64 Å². The third-order valence-electron chi connectivity index (χ3n) is 10.7. The van der Waals surface area contributed by atoms with Gasteiger partial charge in [-0.05, 0) is 100 Å². The Morgan fingerprint density at radius 3 is 2.63 bits per heavy atom. The van der Waals surface area contributed by atoms with Crippen molar-refractivity contribution in [2.45, 2.75) is 75.4 Å². The standard InChI is InChI=1S/C33H36F2N6O2/c1-2-27(42)40-16-11-25-26(40)18-41(25)31-23-17-36-29(22-9-10-24(34)21-8-4-3-7-20(21)22)28(35)30(23)37-32(38-31)43-19-33-12-5-14-39(33)15-6-13-33/h2,9-10,17,25-26H,1,3-8,11-16,18-19H2/t25-,26+/m0/s1. The Balaban J connectivity index is 1.21. The molecular weight excluding hydrogens is 550 g/mol. The van der Waals surface area contributed by atoms with Crippen molar-refractivity contribution in [3.05, 3.63) is 53.7 Å². The predicted octanol–water partition coefficient (Wildman–Crippen LogP) is 4.83. The Morgan fingerprint density at radius 1 is 1.05 bits per heavy atom. The van der Waals surface area contributed by atoms with Crippen LogP contribution >= 0.6 is 0 Å². The minimum absolute atomic E-state index is 0.00748. The Morgan fingerprint density at radius 2 is 1.84 bits per heavy atom. The number of ether oxygens (including phenoxy) is 1. The van der Waals surface area contributed by atoms with Gasteiger partial charge in [-0.15, -0.1) is 0 Å². The van der Waals surface area contributed by atoms with Crippen LogP contribution in [-0.4, -0.2) is 81.1 Å². The molecule has 0 saturated carbocycles. The number of anilines is 1. The van der Waals surface area contributed by atoms with Crippen LogP contribution in [0, 0.1) is 11.6 Å². The number of hydrogen-bond donors (Lipinski definition) is 0. The molecule has 1 aromatic carbocycles. The highest BCUT2D eigenvalue weighted by Crippen LogP contribution is 2.43. The van der Waals surface area contributed by atoms with Crippen LogP contribution in [0.2, 0.25) is 0 Å². The summed E-state index contributed by atoms with van der Waals surface area (Å²) in [5, 5.41) is 0.512. The lowest BCUT2D eigenvalue weighted by atomic mass is 9.86.